The van der Waals surface area contributed by atoms with Crippen LogP contribution in [0.2, 0.25) is 0 Å². The second kappa shape index (κ2) is 12.3. The molecule has 2 atom stereocenters. The maximum atomic E-state index is 13.3. The van der Waals surface area contributed by atoms with Crippen LogP contribution in [0.1, 0.15) is 53.3 Å². The number of hydrogen-bond acceptors (Lipinski definition) is 5. The van der Waals surface area contributed by atoms with Gasteiger partial charge in [0, 0.05) is 41.1 Å². The molecule has 8 nitrogen and oxygen atoms in total. The Kier molecular flexibility index (Phi) is 8.85. The molecule has 9 heteroatoms. The van der Waals surface area contributed by atoms with Crippen molar-refractivity contribution in [2.45, 2.75) is 56.2 Å². The Morgan fingerprint density at radius 3 is 2.50 bits per heavy atom. The summed E-state index contributed by atoms with van der Waals surface area (Å²) < 4.78 is 0. The van der Waals surface area contributed by atoms with Crippen molar-refractivity contribution in [3.05, 3.63) is 60.3 Å². The number of carbonyl (C=O) groups is 3. The van der Waals surface area contributed by atoms with Gasteiger partial charge in [-0.1, -0.05) is 50.2 Å². The van der Waals surface area contributed by atoms with E-state index in [1.54, 1.807) is 30.1 Å². The Morgan fingerprint density at radius 1 is 1.11 bits per heavy atom. The number of aromatic nitrogens is 1. The molecule has 0 bridgehead atoms. The predicted octanol–water partition coefficient (Wildman–Crippen LogP) is 4.77. The van der Waals surface area contributed by atoms with E-state index in [0.717, 1.165) is 12.0 Å². The molecule has 2 unspecified atom stereocenters. The first-order chi connectivity index (χ1) is 17.4. The number of urea groups is 1. The zero-order valence-corrected chi connectivity index (χ0v) is 21.7. The normalized spacial score (nSPS) is 20.6. The lowest BCUT2D eigenvalue weighted by Crippen LogP contribution is -2.48. The van der Waals surface area contributed by atoms with Crippen molar-refractivity contribution in [3.63, 3.8) is 0 Å². The SMILES string of the molecule is CC(C)CCN1C(=O)C(CC(=O)N2CCC(NC(=O)Nc3ccccn3)CC2)SC1c1ccccc1.[HH].[HH]. The molecule has 196 valence electrons. The first-order valence-electron chi connectivity index (χ1n) is 12.7. The van der Waals surface area contributed by atoms with Gasteiger partial charge in [-0.2, -0.15) is 0 Å². The lowest BCUT2D eigenvalue weighted by atomic mass is 10.0. The molecule has 4 amide bonds. The largest absolute Gasteiger partial charge is 0.342 e. The Morgan fingerprint density at radius 2 is 1.83 bits per heavy atom. The third-order valence-corrected chi connectivity index (χ3v) is 8.10. The third-order valence-electron chi connectivity index (χ3n) is 6.62. The lowest BCUT2D eigenvalue weighted by molar-refractivity contribution is -0.136. The van der Waals surface area contributed by atoms with Crippen LogP contribution in [0.4, 0.5) is 10.6 Å². The maximum Gasteiger partial charge on any atom is 0.320 e. The molecule has 2 aromatic rings. The Labute approximate surface area is 220 Å². The summed E-state index contributed by atoms with van der Waals surface area (Å²) in [7, 11) is 0. The van der Waals surface area contributed by atoms with Crippen LogP contribution in [0.5, 0.6) is 0 Å². The summed E-state index contributed by atoms with van der Waals surface area (Å²) in [4.78, 5) is 46.6. The fourth-order valence-corrected chi connectivity index (χ4v) is 6.03. The molecule has 0 saturated carbocycles. The molecular formula is C27H39N5O3S. The average Bonchev–Trinajstić information content (AvgIpc) is 3.19. The van der Waals surface area contributed by atoms with Crippen LogP contribution < -0.4 is 10.6 Å². The molecule has 36 heavy (non-hydrogen) atoms. The Balaban J connectivity index is 0.00000253. The van der Waals surface area contributed by atoms with Gasteiger partial charge in [-0.15, -0.1) is 11.8 Å². The van der Waals surface area contributed by atoms with Crippen molar-refractivity contribution in [1.82, 2.24) is 20.1 Å². The molecule has 2 aliphatic rings. The minimum absolute atomic E-state index is 0. The van der Waals surface area contributed by atoms with Crippen LogP contribution >= 0.6 is 11.8 Å². The van der Waals surface area contributed by atoms with E-state index in [0.29, 0.717) is 44.2 Å². The molecule has 2 fully saturated rings. The van der Waals surface area contributed by atoms with E-state index in [-0.39, 0.29) is 43.8 Å². The second-order valence-corrected chi connectivity index (χ2v) is 11.1. The number of piperidine rings is 1. The highest BCUT2D eigenvalue weighted by Gasteiger charge is 2.42. The minimum atomic E-state index is -0.366. The number of nitrogens with one attached hydrogen (secondary N) is 2. The average molecular weight is 514 g/mol. The summed E-state index contributed by atoms with van der Waals surface area (Å²) >= 11 is 1.59. The van der Waals surface area contributed by atoms with Crippen molar-refractivity contribution in [2.24, 2.45) is 5.92 Å². The smallest absolute Gasteiger partial charge is 0.320 e. The molecule has 4 rings (SSSR count). The van der Waals surface area contributed by atoms with Gasteiger partial charge < -0.3 is 15.1 Å². The summed E-state index contributed by atoms with van der Waals surface area (Å²) in [5.41, 5.74) is 1.10. The number of pyridine rings is 1. The summed E-state index contributed by atoms with van der Waals surface area (Å²) in [6.07, 6.45) is 4.13. The predicted molar refractivity (Wildman–Crippen MR) is 147 cm³/mol. The van der Waals surface area contributed by atoms with Crippen molar-refractivity contribution in [1.29, 1.82) is 0 Å². The topological polar surface area (TPSA) is 94.6 Å². The van der Waals surface area contributed by atoms with Crippen LogP contribution in [-0.2, 0) is 9.59 Å². The van der Waals surface area contributed by atoms with E-state index < -0.39 is 0 Å². The quantitative estimate of drug-likeness (QED) is 0.531. The minimum Gasteiger partial charge on any atom is -0.342 e. The number of likely N-dealkylation sites (tertiary alicyclic amines) is 1. The van der Waals surface area contributed by atoms with Crippen LogP contribution in [-0.4, -0.2) is 63.6 Å². The van der Waals surface area contributed by atoms with E-state index in [1.165, 1.54) is 0 Å². The number of anilines is 1. The molecule has 1 aromatic heterocycles. The van der Waals surface area contributed by atoms with Gasteiger partial charge in [-0.05, 0) is 42.9 Å². The summed E-state index contributed by atoms with van der Waals surface area (Å²) in [6, 6.07) is 15.1. The second-order valence-electron chi connectivity index (χ2n) is 9.77. The van der Waals surface area contributed by atoms with Gasteiger partial charge in [0.25, 0.3) is 0 Å². The first-order valence-corrected chi connectivity index (χ1v) is 13.6. The molecule has 1 aromatic carbocycles. The summed E-state index contributed by atoms with van der Waals surface area (Å²) in [6.45, 7) is 6.15. The summed E-state index contributed by atoms with van der Waals surface area (Å²) in [5.74, 6) is 1.07. The molecule has 0 spiro atoms. The number of benzene rings is 1. The highest BCUT2D eigenvalue weighted by atomic mass is 32.2. The molecule has 3 heterocycles. The van der Waals surface area contributed by atoms with Crippen LogP contribution in [0.15, 0.2) is 54.7 Å². The van der Waals surface area contributed by atoms with Gasteiger partial charge in [-0.25, -0.2) is 9.78 Å². The number of hydrogen-bond donors (Lipinski definition) is 2. The highest BCUT2D eigenvalue weighted by Crippen LogP contribution is 2.44. The fourth-order valence-electron chi connectivity index (χ4n) is 4.56. The van der Waals surface area contributed by atoms with E-state index in [2.05, 4.69) is 41.6 Å². The summed E-state index contributed by atoms with van der Waals surface area (Å²) in [5, 5.41) is 5.28. The van der Waals surface area contributed by atoms with E-state index >= 15 is 0 Å². The van der Waals surface area contributed by atoms with Crippen LogP contribution in [0.3, 0.4) is 0 Å². The molecule has 2 saturated heterocycles. The molecule has 0 aliphatic carbocycles. The van der Waals surface area contributed by atoms with Gasteiger partial charge in [-0.3, -0.25) is 14.9 Å². The third kappa shape index (κ3) is 6.78. The van der Waals surface area contributed by atoms with Crippen LogP contribution in [0.25, 0.3) is 0 Å². The van der Waals surface area contributed by atoms with Gasteiger partial charge in [0.05, 0.1) is 5.25 Å². The number of amides is 4. The molecule has 2 aliphatic heterocycles. The highest BCUT2D eigenvalue weighted by molar-refractivity contribution is 8.01. The maximum absolute atomic E-state index is 13.3. The standard InChI is InChI=1S/C27H35N5O3S.2H2/c1-19(2)11-17-32-25(34)22(36-26(32)20-8-4-3-5-9-20)18-24(33)31-15-12-21(13-16-31)29-27(35)30-23-10-6-7-14-28-23;;/h3-10,14,19,21-22,26H,11-13,15-18H2,1-2H3,(H2,28,29,30,35);2*1H. The van der Waals surface area contributed by atoms with Gasteiger partial charge in [0.15, 0.2) is 0 Å². The first kappa shape index (κ1) is 26.0. The van der Waals surface area contributed by atoms with E-state index in [4.69, 9.17) is 0 Å². The van der Waals surface area contributed by atoms with Crippen molar-refractivity contribution >= 4 is 35.4 Å². The Bertz CT molecular complexity index is 1040. The molecule has 2 N–H and O–H groups in total. The van der Waals surface area contributed by atoms with Gasteiger partial charge in [0.2, 0.25) is 11.8 Å². The number of thioether (sulfide) groups is 1. The van der Waals surface area contributed by atoms with E-state index in [1.807, 2.05) is 34.1 Å². The molecular weight excluding hydrogens is 474 g/mol. The monoisotopic (exact) mass is 513 g/mol. The van der Waals surface area contributed by atoms with E-state index in [9.17, 15) is 14.4 Å². The van der Waals surface area contributed by atoms with Crippen LogP contribution in [0, 0.1) is 5.92 Å². The van der Waals surface area contributed by atoms with Crippen molar-refractivity contribution in [3.8, 4) is 0 Å². The number of carbonyl (C=O) groups excluding carboxylic acids is 3. The van der Waals surface area contributed by atoms with Crippen molar-refractivity contribution < 1.29 is 17.2 Å². The number of rotatable bonds is 8. The van der Waals surface area contributed by atoms with Crippen molar-refractivity contribution in [2.75, 3.05) is 25.0 Å². The fraction of sp³-hybridized carbons (Fsp3) is 0.481. The Hall–Kier alpha value is -3.07. The van der Waals surface area contributed by atoms with Gasteiger partial charge >= 0.3 is 6.03 Å². The zero-order chi connectivity index (χ0) is 25.5. The van der Waals surface area contributed by atoms with Gasteiger partial charge in [0.1, 0.15) is 11.2 Å². The number of nitrogens with zero attached hydrogens (tertiary/aromatic N) is 3. The zero-order valence-electron chi connectivity index (χ0n) is 20.9. The lowest BCUT2D eigenvalue weighted by Gasteiger charge is -2.32. The molecule has 0 radical (unpaired) electrons.